The fourth-order valence-corrected chi connectivity index (χ4v) is 1.43. The number of rotatable bonds is 2. The van der Waals surface area contributed by atoms with Gasteiger partial charge in [-0.05, 0) is 24.3 Å². The first-order chi connectivity index (χ1) is 7.70. The van der Waals surface area contributed by atoms with Crippen LogP contribution >= 0.6 is 11.6 Å². The molecule has 2 rings (SSSR count). The Kier molecular flexibility index (Phi) is 2.92. The molecule has 0 aliphatic rings. The summed E-state index contributed by atoms with van der Waals surface area (Å²) in [5, 5.41) is 0.0174. The van der Waals surface area contributed by atoms with Crippen LogP contribution in [0.3, 0.4) is 0 Å². The Morgan fingerprint density at radius 2 is 2.06 bits per heavy atom. The largest absolute Gasteiger partial charge is 0.296 e. The summed E-state index contributed by atoms with van der Waals surface area (Å²) in [6.07, 6.45) is 1.90. The standard InChI is InChI=1S/C11H6ClFN2O/c12-9-3-7(1-2-10(9)13)11-4-8(5-16)14-6-15-11/h1-6H. The van der Waals surface area contributed by atoms with Crippen molar-refractivity contribution in [3.63, 3.8) is 0 Å². The molecule has 0 bridgehead atoms. The molecule has 0 saturated heterocycles. The van der Waals surface area contributed by atoms with E-state index in [2.05, 4.69) is 9.97 Å². The minimum Gasteiger partial charge on any atom is -0.296 e. The fraction of sp³-hybridized carbons (Fsp3) is 0. The van der Waals surface area contributed by atoms with Crippen LogP contribution in [-0.4, -0.2) is 16.3 Å². The van der Waals surface area contributed by atoms with Crippen LogP contribution in [0.4, 0.5) is 4.39 Å². The summed E-state index contributed by atoms with van der Waals surface area (Å²) < 4.78 is 12.9. The Bertz CT molecular complexity index is 545. The maximum Gasteiger partial charge on any atom is 0.168 e. The molecule has 0 aliphatic carbocycles. The van der Waals surface area contributed by atoms with E-state index >= 15 is 0 Å². The molecule has 0 radical (unpaired) electrons. The van der Waals surface area contributed by atoms with Crippen LogP contribution in [0.2, 0.25) is 5.02 Å². The summed E-state index contributed by atoms with van der Waals surface area (Å²) in [5.41, 5.74) is 1.43. The number of hydrogen-bond acceptors (Lipinski definition) is 3. The summed E-state index contributed by atoms with van der Waals surface area (Å²) in [6.45, 7) is 0. The van der Waals surface area contributed by atoms with Gasteiger partial charge in [-0.15, -0.1) is 0 Å². The molecule has 0 unspecified atom stereocenters. The SMILES string of the molecule is O=Cc1cc(-c2ccc(F)c(Cl)c2)ncn1. The number of hydrogen-bond donors (Lipinski definition) is 0. The van der Waals surface area contributed by atoms with E-state index in [-0.39, 0.29) is 10.7 Å². The third-order valence-corrected chi connectivity index (χ3v) is 2.31. The Morgan fingerprint density at radius 3 is 2.75 bits per heavy atom. The van der Waals surface area contributed by atoms with E-state index in [0.717, 1.165) is 0 Å². The van der Waals surface area contributed by atoms with Gasteiger partial charge in [0.05, 0.1) is 10.7 Å². The van der Waals surface area contributed by atoms with Crippen LogP contribution in [0, 0.1) is 5.82 Å². The van der Waals surface area contributed by atoms with Crippen LogP contribution in [0.25, 0.3) is 11.3 Å². The highest BCUT2D eigenvalue weighted by atomic mass is 35.5. The highest BCUT2D eigenvalue weighted by molar-refractivity contribution is 6.31. The van der Waals surface area contributed by atoms with Gasteiger partial charge in [0, 0.05) is 5.56 Å². The first-order valence-electron chi connectivity index (χ1n) is 4.43. The highest BCUT2D eigenvalue weighted by Crippen LogP contribution is 2.23. The van der Waals surface area contributed by atoms with Crippen molar-refractivity contribution in [3.05, 3.63) is 47.1 Å². The van der Waals surface area contributed by atoms with Crippen LogP contribution in [-0.2, 0) is 0 Å². The van der Waals surface area contributed by atoms with Gasteiger partial charge in [0.2, 0.25) is 0 Å². The Balaban J connectivity index is 2.49. The van der Waals surface area contributed by atoms with E-state index in [1.165, 1.54) is 30.6 Å². The van der Waals surface area contributed by atoms with Crippen molar-refractivity contribution < 1.29 is 9.18 Å². The highest BCUT2D eigenvalue weighted by Gasteiger charge is 2.05. The van der Waals surface area contributed by atoms with E-state index in [9.17, 15) is 9.18 Å². The zero-order valence-electron chi connectivity index (χ0n) is 8.02. The fourth-order valence-electron chi connectivity index (χ4n) is 1.25. The minimum atomic E-state index is -0.491. The lowest BCUT2D eigenvalue weighted by atomic mass is 10.1. The zero-order valence-corrected chi connectivity index (χ0v) is 8.78. The van der Waals surface area contributed by atoms with Crippen molar-refractivity contribution in [1.29, 1.82) is 0 Å². The van der Waals surface area contributed by atoms with Gasteiger partial charge in [-0.25, -0.2) is 14.4 Å². The lowest BCUT2D eigenvalue weighted by Crippen LogP contribution is -1.91. The number of carbonyl (C=O) groups is 1. The average molecular weight is 237 g/mol. The lowest BCUT2D eigenvalue weighted by Gasteiger charge is -2.02. The Morgan fingerprint density at radius 1 is 1.25 bits per heavy atom. The molecule has 0 fully saturated rings. The summed E-state index contributed by atoms with van der Waals surface area (Å²) in [4.78, 5) is 18.2. The Hall–Kier alpha value is -1.81. The third kappa shape index (κ3) is 2.06. The van der Waals surface area contributed by atoms with Gasteiger partial charge in [0.1, 0.15) is 17.8 Å². The number of aromatic nitrogens is 2. The van der Waals surface area contributed by atoms with Gasteiger partial charge in [-0.2, -0.15) is 0 Å². The van der Waals surface area contributed by atoms with Crippen LogP contribution in [0.15, 0.2) is 30.6 Å². The zero-order chi connectivity index (χ0) is 11.5. The van der Waals surface area contributed by atoms with Gasteiger partial charge in [-0.1, -0.05) is 11.6 Å². The molecule has 5 heteroatoms. The van der Waals surface area contributed by atoms with Crippen molar-refractivity contribution in [3.8, 4) is 11.3 Å². The molecule has 2 aromatic rings. The Labute approximate surface area is 95.9 Å². The second kappa shape index (κ2) is 4.37. The van der Waals surface area contributed by atoms with E-state index in [1.807, 2.05) is 0 Å². The number of aldehydes is 1. The van der Waals surface area contributed by atoms with E-state index < -0.39 is 5.82 Å². The van der Waals surface area contributed by atoms with E-state index in [0.29, 0.717) is 17.5 Å². The van der Waals surface area contributed by atoms with Crippen LogP contribution < -0.4 is 0 Å². The van der Waals surface area contributed by atoms with Gasteiger partial charge < -0.3 is 0 Å². The summed E-state index contributed by atoms with van der Waals surface area (Å²) in [5.74, 6) is -0.491. The molecule has 3 nitrogen and oxygen atoms in total. The molecule has 0 saturated carbocycles. The summed E-state index contributed by atoms with van der Waals surface area (Å²) in [6, 6.07) is 5.75. The van der Waals surface area contributed by atoms with Gasteiger partial charge >= 0.3 is 0 Å². The monoisotopic (exact) mass is 236 g/mol. The summed E-state index contributed by atoms with van der Waals surface area (Å²) in [7, 11) is 0. The quantitative estimate of drug-likeness (QED) is 0.753. The van der Waals surface area contributed by atoms with Crippen molar-refractivity contribution in [2.24, 2.45) is 0 Å². The van der Waals surface area contributed by atoms with E-state index in [4.69, 9.17) is 11.6 Å². The summed E-state index contributed by atoms with van der Waals surface area (Å²) >= 11 is 5.65. The van der Waals surface area contributed by atoms with Gasteiger partial charge in [0.15, 0.2) is 6.29 Å². The van der Waals surface area contributed by atoms with Crippen LogP contribution in [0.5, 0.6) is 0 Å². The topological polar surface area (TPSA) is 42.9 Å². The number of benzene rings is 1. The predicted octanol–water partition coefficient (Wildman–Crippen LogP) is 2.75. The number of halogens is 2. The number of carbonyl (C=O) groups excluding carboxylic acids is 1. The first-order valence-corrected chi connectivity index (χ1v) is 4.81. The molecule has 1 aromatic heterocycles. The minimum absolute atomic E-state index is 0.0174. The smallest absolute Gasteiger partial charge is 0.168 e. The average Bonchev–Trinajstić information content (AvgIpc) is 2.33. The molecular weight excluding hydrogens is 231 g/mol. The maximum atomic E-state index is 12.9. The molecule has 0 atom stereocenters. The van der Waals surface area contributed by atoms with Crippen molar-refractivity contribution in [2.45, 2.75) is 0 Å². The van der Waals surface area contributed by atoms with Crippen molar-refractivity contribution in [1.82, 2.24) is 9.97 Å². The maximum absolute atomic E-state index is 12.9. The molecule has 0 N–H and O–H groups in total. The first kappa shape index (κ1) is 10.7. The molecule has 16 heavy (non-hydrogen) atoms. The molecule has 80 valence electrons. The molecular formula is C11H6ClFN2O. The molecule has 0 spiro atoms. The molecule has 1 aromatic carbocycles. The molecule has 0 amide bonds. The van der Waals surface area contributed by atoms with Crippen molar-refractivity contribution >= 4 is 17.9 Å². The molecule has 1 heterocycles. The lowest BCUT2D eigenvalue weighted by molar-refractivity contribution is 0.111. The second-order valence-electron chi connectivity index (χ2n) is 3.07. The van der Waals surface area contributed by atoms with Gasteiger partial charge in [-0.3, -0.25) is 4.79 Å². The normalized spacial score (nSPS) is 10.1. The van der Waals surface area contributed by atoms with E-state index in [1.54, 1.807) is 0 Å². The number of nitrogens with zero attached hydrogens (tertiary/aromatic N) is 2. The third-order valence-electron chi connectivity index (χ3n) is 2.02. The van der Waals surface area contributed by atoms with Crippen LogP contribution in [0.1, 0.15) is 10.5 Å². The van der Waals surface area contributed by atoms with Crippen molar-refractivity contribution in [2.75, 3.05) is 0 Å². The second-order valence-corrected chi connectivity index (χ2v) is 3.48. The molecule has 0 aliphatic heterocycles. The predicted molar refractivity (Wildman–Crippen MR) is 57.8 cm³/mol. The van der Waals surface area contributed by atoms with Gasteiger partial charge in [0.25, 0.3) is 0 Å².